The number of rotatable bonds is 0. The molecule has 0 amide bonds. The zero-order valence-corrected chi connectivity index (χ0v) is 80.2. The van der Waals surface area contributed by atoms with Gasteiger partial charge in [0.25, 0.3) is 0 Å². The number of hydrogen-bond acceptors (Lipinski definition) is 6. The lowest BCUT2D eigenvalue weighted by Crippen LogP contribution is -2.37. The van der Waals surface area contributed by atoms with Crippen LogP contribution in [0.5, 0.6) is 0 Å². The molecule has 12 aliphatic heterocycles. The van der Waals surface area contributed by atoms with Gasteiger partial charge < -0.3 is 29.4 Å². The van der Waals surface area contributed by atoms with Crippen molar-refractivity contribution < 1.29 is 0 Å². The van der Waals surface area contributed by atoms with Gasteiger partial charge in [-0.15, -0.1) is 0 Å². The van der Waals surface area contributed by atoms with E-state index in [9.17, 15) is 0 Å². The molecule has 12 aliphatic carbocycles. The molecule has 12 heterocycles. The second-order valence-electron chi connectivity index (χ2n) is 41.1. The molecule has 6 heteroatoms. The van der Waals surface area contributed by atoms with Crippen LogP contribution in [-0.4, -0.2) is 0 Å². The Morgan fingerprint density at radius 1 is 0.174 bits per heavy atom. The first-order valence-corrected chi connectivity index (χ1v) is 52.3. The van der Waals surface area contributed by atoms with Crippen LogP contribution in [0.3, 0.4) is 0 Å². The first-order valence-electron chi connectivity index (χ1n) is 52.3. The summed E-state index contributed by atoms with van der Waals surface area (Å²) in [6, 6.07) is 109. The molecule has 0 bridgehead atoms. The van der Waals surface area contributed by atoms with Crippen molar-refractivity contribution >= 4 is 67.6 Å². The van der Waals surface area contributed by atoms with E-state index in [1.165, 1.54) is 258 Å². The van der Waals surface area contributed by atoms with E-state index in [0.717, 1.165) is 77.0 Å². The van der Waals surface area contributed by atoms with Crippen LogP contribution in [-0.2, 0) is 0 Å². The van der Waals surface area contributed by atoms with E-state index in [2.05, 4.69) is 466 Å². The minimum absolute atomic E-state index is 0.311. The number of hydrogen-bond donors (Lipinski definition) is 0. The number of fused-ring (bicyclic) bond motifs is 61. The van der Waals surface area contributed by atoms with Crippen LogP contribution in [0.1, 0.15) is 180 Å². The Morgan fingerprint density at radius 3 is 1.03 bits per heavy atom. The molecular formula is C138H102N6. The maximum Gasteiger partial charge on any atom is 0.0854 e. The predicted molar refractivity (Wildman–Crippen MR) is 594 cm³/mol. The largest absolute Gasteiger partial charge is 0.329 e. The van der Waals surface area contributed by atoms with Crippen LogP contribution in [0, 0.1) is 0 Å². The Kier molecular flexibility index (Phi) is 18.4. The van der Waals surface area contributed by atoms with Gasteiger partial charge in [-0.05, 0) is 264 Å². The lowest BCUT2D eigenvalue weighted by Gasteiger charge is -2.46. The smallest absolute Gasteiger partial charge is 0.0854 e. The van der Waals surface area contributed by atoms with Crippen molar-refractivity contribution in [3.8, 4) is 33.4 Å². The first-order chi connectivity index (χ1) is 71.6. The Morgan fingerprint density at radius 2 is 0.479 bits per heavy atom. The highest BCUT2D eigenvalue weighted by Crippen LogP contribution is 2.66. The van der Waals surface area contributed by atoms with Crippen molar-refractivity contribution in [2.24, 2.45) is 0 Å². The molecule has 6 atom stereocenters. The zero-order chi connectivity index (χ0) is 94.0. The zero-order valence-electron chi connectivity index (χ0n) is 80.2. The normalized spacial score (nSPS) is 22.3. The van der Waals surface area contributed by atoms with Crippen molar-refractivity contribution in [2.75, 3.05) is 29.4 Å². The highest BCUT2D eigenvalue weighted by atomic mass is 15.2. The average molecular weight is 1840 g/mol. The molecule has 6 nitrogen and oxygen atoms in total. The number of anilines is 6. The average Bonchev–Trinajstić information content (AvgIpc) is 1.55. The third-order valence-electron chi connectivity index (χ3n) is 34.3. The molecule has 144 heavy (non-hydrogen) atoms. The van der Waals surface area contributed by atoms with E-state index in [1.807, 2.05) is 0 Å². The molecular weight excluding hydrogens is 1740 g/mol. The molecule has 1 saturated heterocycles. The summed E-state index contributed by atoms with van der Waals surface area (Å²) in [6.07, 6.45) is 69.4. The van der Waals surface area contributed by atoms with E-state index < -0.39 is 0 Å². The van der Waals surface area contributed by atoms with Gasteiger partial charge in [-0.3, -0.25) is 0 Å². The predicted octanol–water partition coefficient (Wildman–Crippen LogP) is 34.0. The molecule has 1 fully saturated rings. The van der Waals surface area contributed by atoms with E-state index in [4.69, 9.17) is 0 Å². The molecule has 0 radical (unpaired) electrons. The minimum atomic E-state index is 0.311. The van der Waals surface area contributed by atoms with Gasteiger partial charge in [0.1, 0.15) is 0 Å². The summed E-state index contributed by atoms with van der Waals surface area (Å²) in [5.74, 6) is 0. The van der Waals surface area contributed by atoms with Gasteiger partial charge in [0.15, 0.2) is 0 Å². The molecule has 0 saturated carbocycles. The Hall–Kier alpha value is -16.8. The molecule has 24 aliphatic rings. The molecule has 684 valence electrons. The van der Waals surface area contributed by atoms with Crippen molar-refractivity contribution in [1.82, 2.24) is 0 Å². The third-order valence-corrected chi connectivity index (χ3v) is 34.3. The van der Waals surface area contributed by atoms with E-state index in [1.54, 1.807) is 11.1 Å². The number of benzene rings is 12. The maximum atomic E-state index is 2.59. The van der Waals surface area contributed by atoms with Crippen molar-refractivity contribution in [1.29, 1.82) is 0 Å². The summed E-state index contributed by atoms with van der Waals surface area (Å²) in [6.45, 7) is 0. The Bertz CT molecular complexity index is 8370. The molecule has 0 spiro atoms. The van der Waals surface area contributed by atoms with E-state index >= 15 is 0 Å². The quantitative estimate of drug-likeness (QED) is 0.150. The lowest BCUT2D eigenvalue weighted by atomic mass is 9.78. The standard InChI is InChI=1S/6C23H17N/c3*1-2-9-19-15(7-1)18-11-6-14-22(18)24-21-13-4-3-8-17(21)16-10-5-12-20(16)23(19)24;3*1-2-9-19-15(7-1)17-8-3-4-13-21(17)24-22-14-6-11-18(22)16-10-5-12-20(16)23(19)24/h1-4,6-10,12-14,23H,5,11H2;1-5,7-9,11-14,23H,6,10H2;1-5,7-11,13-14,23H,6,12H2;1-4,7-14,23H,5-6H2;1-5,7-9,11-14,23H,6,10H2;1-5,7-11,13-14,23H,6,12H2. The molecule has 0 aromatic heterocycles. The molecule has 36 rings (SSSR count). The van der Waals surface area contributed by atoms with E-state index in [0.29, 0.717) is 36.3 Å². The van der Waals surface area contributed by atoms with Crippen molar-refractivity contribution in [2.45, 2.75) is 113 Å². The monoisotopic (exact) mass is 1840 g/mol. The van der Waals surface area contributed by atoms with E-state index in [-0.39, 0.29) is 0 Å². The topological polar surface area (TPSA) is 19.4 Å². The van der Waals surface area contributed by atoms with Gasteiger partial charge in [0.2, 0.25) is 0 Å². The lowest BCUT2D eigenvalue weighted by molar-refractivity contribution is 0.729. The number of para-hydroxylation sites is 6. The molecule has 6 unspecified atom stereocenters. The van der Waals surface area contributed by atoms with Crippen molar-refractivity contribution in [3.63, 3.8) is 0 Å². The fourth-order valence-corrected chi connectivity index (χ4v) is 28.8. The van der Waals surface area contributed by atoms with Crippen LogP contribution in [0.2, 0.25) is 0 Å². The number of allylic oxidation sites excluding steroid dienone is 30. The van der Waals surface area contributed by atoms with Gasteiger partial charge >= 0.3 is 0 Å². The van der Waals surface area contributed by atoms with Crippen LogP contribution < -0.4 is 29.4 Å². The number of piperidine rings is 1. The molecule has 12 aromatic carbocycles. The highest BCUT2D eigenvalue weighted by molar-refractivity contribution is 6.04. The van der Waals surface area contributed by atoms with Crippen LogP contribution in [0.25, 0.3) is 66.8 Å². The van der Waals surface area contributed by atoms with Crippen LogP contribution in [0.15, 0.2) is 538 Å². The Balaban J connectivity index is 0.0000000788. The molecule has 12 aromatic rings. The maximum absolute atomic E-state index is 2.59. The highest BCUT2D eigenvalue weighted by Gasteiger charge is 2.51. The second-order valence-corrected chi connectivity index (χ2v) is 41.1. The Labute approximate surface area is 842 Å². The first kappa shape index (κ1) is 82.0. The summed E-state index contributed by atoms with van der Waals surface area (Å²) in [7, 11) is 0. The fraction of sp³-hybridized carbons (Fsp3) is 0.130. The van der Waals surface area contributed by atoms with Crippen LogP contribution >= 0.6 is 0 Å². The third kappa shape index (κ3) is 11.9. The van der Waals surface area contributed by atoms with Gasteiger partial charge in [0.05, 0.1) is 36.3 Å². The summed E-state index contributed by atoms with van der Waals surface area (Å²) >= 11 is 0. The van der Waals surface area contributed by atoms with Gasteiger partial charge in [0, 0.05) is 124 Å². The van der Waals surface area contributed by atoms with Crippen molar-refractivity contribution in [3.05, 3.63) is 605 Å². The minimum Gasteiger partial charge on any atom is -0.329 e. The summed E-state index contributed by atoms with van der Waals surface area (Å²) in [5.41, 5.74) is 68.2. The summed E-state index contributed by atoms with van der Waals surface area (Å²) < 4.78 is 0. The second kappa shape index (κ2) is 32.4. The fourth-order valence-electron chi connectivity index (χ4n) is 28.8. The number of nitrogens with zero attached hydrogens (tertiary/aromatic N) is 6. The summed E-state index contributed by atoms with van der Waals surface area (Å²) in [5, 5.41) is 0. The van der Waals surface area contributed by atoms with Gasteiger partial charge in [-0.2, -0.15) is 0 Å². The molecule has 0 N–H and O–H groups in total. The SMILES string of the molecule is C1=C2C3=CCC=C3N3c4ccccc4-c4ccccc4C3C2=CC1.C1=CC2=C(C1)C1=CCC=C1N1c3ccccc3-c3ccccc3C21.C1=CC2=C(C1)C1c3ccccc3-c3ccccc3N1C1=CCC=C12.C1=CC2=C(C1)C1c3ccccc3C3=CCC=C3N1c1ccccc12.C1=CC2=C(C1)c1ccccc1C1C3=CCC=C3c3ccccc3N21.C1=CC2=C(C1)c1ccccc1N1C3=CCC=C3c3ccccc3C21. The summed E-state index contributed by atoms with van der Waals surface area (Å²) in [4.78, 5) is 15.5. The van der Waals surface area contributed by atoms with Crippen LogP contribution in [0.4, 0.5) is 34.1 Å². The van der Waals surface area contributed by atoms with Gasteiger partial charge in [-0.1, -0.05) is 395 Å². The van der Waals surface area contributed by atoms with Gasteiger partial charge in [-0.25, -0.2) is 0 Å².